The van der Waals surface area contributed by atoms with Crippen LogP contribution < -0.4 is 0 Å². The van der Waals surface area contributed by atoms with Gasteiger partial charge in [-0.15, -0.1) is 0 Å². The smallest absolute Gasteiger partial charge is 0.306 e. The van der Waals surface area contributed by atoms with Crippen LogP contribution in [0.25, 0.3) is 0 Å². The average Bonchev–Trinajstić information content (AvgIpc) is 3.69. The van der Waals surface area contributed by atoms with Gasteiger partial charge >= 0.3 is 23.9 Å². The van der Waals surface area contributed by atoms with Crippen molar-refractivity contribution < 1.29 is 61.9 Å². The molecule has 4 saturated carbocycles. The van der Waals surface area contributed by atoms with Crippen molar-refractivity contribution in [1.29, 1.82) is 0 Å². The summed E-state index contributed by atoms with van der Waals surface area (Å²) < 4.78 is 51.0. The van der Waals surface area contributed by atoms with E-state index in [0.717, 1.165) is 0 Å². The lowest BCUT2D eigenvalue weighted by atomic mass is 9.33. The van der Waals surface area contributed by atoms with Crippen LogP contribution >= 0.6 is 0 Å². The normalized spacial score (nSPS) is 55.1. The van der Waals surface area contributed by atoms with Crippen molar-refractivity contribution in [1.82, 2.24) is 0 Å². The van der Waals surface area contributed by atoms with Gasteiger partial charge in [0.15, 0.2) is 11.7 Å². The molecule has 13 atom stereocenters. The summed E-state index contributed by atoms with van der Waals surface area (Å²) in [4.78, 5) is 53.1. The monoisotopic (exact) mass is 642 g/mol. The fourth-order valence-electron chi connectivity index (χ4n) is 12.6. The molecule has 13 heteroatoms. The van der Waals surface area contributed by atoms with E-state index in [1.807, 2.05) is 13.8 Å². The minimum Gasteiger partial charge on any atom is -0.472 e. The van der Waals surface area contributed by atoms with Gasteiger partial charge in [0, 0.05) is 49.0 Å². The summed E-state index contributed by atoms with van der Waals surface area (Å²) in [5.74, 6) is -5.26. The van der Waals surface area contributed by atoms with Gasteiger partial charge in [0.05, 0.1) is 24.4 Å². The third-order valence-corrected chi connectivity index (χ3v) is 13.6. The van der Waals surface area contributed by atoms with E-state index in [-0.39, 0.29) is 32.3 Å². The van der Waals surface area contributed by atoms with Gasteiger partial charge in [-0.2, -0.15) is 0 Å². The van der Waals surface area contributed by atoms with Crippen molar-refractivity contribution in [2.75, 3.05) is 6.61 Å². The van der Waals surface area contributed by atoms with E-state index in [2.05, 4.69) is 0 Å². The van der Waals surface area contributed by atoms with Gasteiger partial charge in [-0.3, -0.25) is 19.2 Å². The molecular formula is C33H38O13. The van der Waals surface area contributed by atoms with E-state index in [1.165, 1.54) is 19.5 Å². The highest BCUT2D eigenvalue weighted by molar-refractivity contribution is 5.75. The fraction of sp³-hybridized carbons (Fsp3) is 0.758. The number of fused-ring (bicyclic) bond motifs is 4. The van der Waals surface area contributed by atoms with Crippen LogP contribution in [-0.2, 0) is 52.3 Å². The number of aliphatic hydroxyl groups is 1. The van der Waals surface area contributed by atoms with E-state index in [1.54, 1.807) is 19.9 Å². The van der Waals surface area contributed by atoms with E-state index < -0.39 is 98.6 Å². The average molecular weight is 643 g/mol. The Labute approximate surface area is 264 Å². The second-order valence-electron chi connectivity index (χ2n) is 15.4. The number of hydrogen-bond donors (Lipinski definition) is 1. The van der Waals surface area contributed by atoms with Crippen LogP contribution in [0.3, 0.4) is 0 Å². The maximum atomic E-state index is 13.7. The summed E-state index contributed by atoms with van der Waals surface area (Å²) in [5.41, 5.74) is -9.27. The predicted molar refractivity (Wildman–Crippen MR) is 148 cm³/mol. The van der Waals surface area contributed by atoms with E-state index in [0.29, 0.717) is 18.4 Å². The van der Waals surface area contributed by atoms with Crippen molar-refractivity contribution in [2.24, 2.45) is 28.1 Å². The minimum absolute atomic E-state index is 0.0237. The Morgan fingerprint density at radius 1 is 0.957 bits per heavy atom. The second kappa shape index (κ2) is 8.16. The topological polar surface area (TPSA) is 166 Å². The lowest BCUT2D eigenvalue weighted by Crippen LogP contribution is -2.95. The molecule has 4 saturated heterocycles. The largest absolute Gasteiger partial charge is 0.472 e. The fourth-order valence-corrected chi connectivity index (χ4v) is 12.6. The first-order valence-corrected chi connectivity index (χ1v) is 16.2. The van der Waals surface area contributed by atoms with Crippen molar-refractivity contribution in [2.45, 2.75) is 120 Å². The maximum Gasteiger partial charge on any atom is 0.306 e. The van der Waals surface area contributed by atoms with Gasteiger partial charge < -0.3 is 42.7 Å². The number of furan rings is 1. The van der Waals surface area contributed by atoms with Gasteiger partial charge in [-0.1, -0.05) is 20.8 Å². The molecule has 0 radical (unpaired) electrons. The Morgan fingerprint density at radius 3 is 2.39 bits per heavy atom. The molecule has 8 aliphatic rings. The molecule has 4 aliphatic heterocycles. The number of esters is 4. The summed E-state index contributed by atoms with van der Waals surface area (Å²) in [6, 6.07) is 1.75. The Balaban J connectivity index is 1.38. The van der Waals surface area contributed by atoms with Crippen molar-refractivity contribution in [3.8, 4) is 0 Å². The zero-order valence-corrected chi connectivity index (χ0v) is 26.4. The van der Waals surface area contributed by atoms with Crippen LogP contribution in [0.2, 0.25) is 0 Å². The first kappa shape index (κ1) is 29.2. The molecule has 4 bridgehead atoms. The number of hydrogen-bond acceptors (Lipinski definition) is 13. The summed E-state index contributed by atoms with van der Waals surface area (Å²) in [5, 5.41) is 13.6. The molecule has 5 heterocycles. The van der Waals surface area contributed by atoms with Crippen LogP contribution in [0, 0.1) is 28.1 Å². The van der Waals surface area contributed by atoms with Crippen LogP contribution in [0.5, 0.6) is 0 Å². The molecule has 1 aromatic rings. The summed E-state index contributed by atoms with van der Waals surface area (Å²) in [6.07, 6.45) is 0.288. The Hall–Kier alpha value is -3.00. The summed E-state index contributed by atoms with van der Waals surface area (Å²) in [6.45, 7) is 8.27. The van der Waals surface area contributed by atoms with Gasteiger partial charge in [0.1, 0.15) is 35.6 Å². The molecule has 3 spiro atoms. The third-order valence-electron chi connectivity index (χ3n) is 13.6. The molecular weight excluding hydrogens is 604 g/mol. The van der Waals surface area contributed by atoms with Crippen LogP contribution in [0.4, 0.5) is 0 Å². The van der Waals surface area contributed by atoms with Gasteiger partial charge in [-0.25, -0.2) is 0 Å². The molecule has 0 aromatic carbocycles. The first-order valence-electron chi connectivity index (χ1n) is 16.2. The van der Waals surface area contributed by atoms with E-state index in [4.69, 9.17) is 37.6 Å². The minimum atomic E-state index is -2.19. The summed E-state index contributed by atoms with van der Waals surface area (Å²) in [7, 11) is 0. The van der Waals surface area contributed by atoms with E-state index >= 15 is 0 Å². The molecule has 1 N–H and O–H groups in total. The van der Waals surface area contributed by atoms with Gasteiger partial charge in [0.25, 0.3) is 5.97 Å². The summed E-state index contributed by atoms with van der Waals surface area (Å²) >= 11 is 0. The predicted octanol–water partition coefficient (Wildman–Crippen LogP) is 2.62. The molecule has 13 nitrogen and oxygen atoms in total. The van der Waals surface area contributed by atoms with Crippen LogP contribution in [-0.4, -0.2) is 76.2 Å². The molecule has 1 aromatic heterocycles. The van der Waals surface area contributed by atoms with E-state index in [9.17, 15) is 24.3 Å². The molecule has 9 rings (SSSR count). The zero-order chi connectivity index (χ0) is 32.5. The quantitative estimate of drug-likeness (QED) is 0.377. The standard InChI is InChI=1S/C33H38O13/c1-6-20(35)43-25-32(38)24(41-16(2)34)27(4)14-31(32)29(15-40-21(36)11-18(27)29)30-9-8-26(3)19(33(25,30)46-28(5,44-30)45-31)12-22(37)42-23(26)17-7-10-39-13-17/h7,10,13,18-19,23-25,38H,6,8-9,11-12,14-15H2,1-5H3/t18?,19?,23-,24-,25+,26+,27+,28?,29?,30+,31?,32+,33-/m0/s1. The molecule has 0 amide bonds. The SMILES string of the molecule is CCC(=O)O[C@@H]1[C@]2(O)[C@@H](OC(C)=O)[C@]3(C)CC24OC2(C)O[C@@]15C1CC(=O)O[C@@H](c6ccoc6)[C@]1(C)CC[C@@]5(O2)C41COC(=O)CC13. The molecule has 8 fully saturated rings. The molecule has 248 valence electrons. The highest BCUT2D eigenvalue weighted by atomic mass is 16.9. The third kappa shape index (κ3) is 2.66. The van der Waals surface area contributed by atoms with Crippen molar-refractivity contribution >= 4 is 23.9 Å². The lowest BCUT2D eigenvalue weighted by molar-refractivity contribution is -0.486. The zero-order valence-electron chi connectivity index (χ0n) is 26.4. The highest BCUT2D eigenvalue weighted by Gasteiger charge is 3.05. The number of carbonyl (C=O) groups excluding carboxylic acids is 4. The number of rotatable bonds is 4. The first-order chi connectivity index (χ1) is 21.6. The number of cyclic esters (lactones) is 2. The molecule has 4 aliphatic carbocycles. The van der Waals surface area contributed by atoms with Gasteiger partial charge in [0.2, 0.25) is 0 Å². The highest BCUT2D eigenvalue weighted by Crippen LogP contribution is 2.90. The second-order valence-corrected chi connectivity index (χ2v) is 15.4. The number of carbonyl (C=O) groups is 4. The number of ether oxygens (including phenoxy) is 7. The van der Waals surface area contributed by atoms with Crippen LogP contribution in [0.15, 0.2) is 23.0 Å². The molecule has 46 heavy (non-hydrogen) atoms. The van der Waals surface area contributed by atoms with Crippen molar-refractivity contribution in [3.63, 3.8) is 0 Å². The molecule has 5 unspecified atom stereocenters. The van der Waals surface area contributed by atoms with Crippen molar-refractivity contribution in [3.05, 3.63) is 24.2 Å². The Morgan fingerprint density at radius 2 is 1.70 bits per heavy atom. The van der Waals surface area contributed by atoms with Crippen LogP contribution in [0.1, 0.15) is 84.8 Å². The maximum absolute atomic E-state index is 13.7. The Bertz CT molecular complexity index is 1610. The Kier molecular flexibility index (Phi) is 5.18. The lowest BCUT2D eigenvalue weighted by Gasteiger charge is -2.77. The van der Waals surface area contributed by atoms with Gasteiger partial charge in [-0.05, 0) is 31.2 Å².